The van der Waals surface area contributed by atoms with Crippen LogP contribution in [0, 0.1) is 5.92 Å². The van der Waals surface area contributed by atoms with Crippen molar-refractivity contribution in [2.75, 3.05) is 31.5 Å². The van der Waals surface area contributed by atoms with Crippen LogP contribution in [0.1, 0.15) is 12.8 Å². The Morgan fingerprint density at radius 1 is 1.50 bits per heavy atom. The highest BCUT2D eigenvalue weighted by molar-refractivity contribution is 6.28. The Hall–Kier alpha value is -1.20. The van der Waals surface area contributed by atoms with Crippen molar-refractivity contribution in [3.63, 3.8) is 0 Å². The van der Waals surface area contributed by atoms with Crippen molar-refractivity contribution in [3.05, 3.63) is 17.5 Å². The highest BCUT2D eigenvalue weighted by Crippen LogP contribution is 2.17. The first kappa shape index (κ1) is 13.2. The van der Waals surface area contributed by atoms with Crippen molar-refractivity contribution < 1.29 is 4.79 Å². The molecule has 1 saturated heterocycles. The Morgan fingerprint density at radius 2 is 2.28 bits per heavy atom. The molecule has 1 fully saturated rings. The minimum atomic E-state index is 0.265. The van der Waals surface area contributed by atoms with Crippen LogP contribution >= 0.6 is 11.6 Å². The number of anilines is 1. The molecule has 0 saturated carbocycles. The summed E-state index contributed by atoms with van der Waals surface area (Å²) in [6.07, 6.45) is 4.84. The Bertz CT molecular complexity index is 393. The summed E-state index contributed by atoms with van der Waals surface area (Å²) in [6.45, 7) is 3.44. The monoisotopic (exact) mass is 268 g/mol. The van der Waals surface area contributed by atoms with Crippen LogP contribution in [0.25, 0.3) is 0 Å². The van der Waals surface area contributed by atoms with E-state index in [2.05, 4.69) is 20.2 Å². The van der Waals surface area contributed by atoms with E-state index in [0.29, 0.717) is 12.5 Å². The molecule has 1 aromatic heterocycles. The number of piperidine rings is 1. The molecule has 6 heteroatoms. The fraction of sp³-hybridized carbons (Fsp3) is 0.583. The molecule has 98 valence electrons. The minimum Gasteiger partial charge on any atom is -0.370 e. The highest BCUT2D eigenvalue weighted by Gasteiger charge is 2.18. The number of hydrogen-bond acceptors (Lipinski definition) is 5. The van der Waals surface area contributed by atoms with Crippen LogP contribution in [0.3, 0.4) is 0 Å². The van der Waals surface area contributed by atoms with E-state index >= 15 is 0 Å². The van der Waals surface area contributed by atoms with E-state index in [-0.39, 0.29) is 5.28 Å². The number of carbonyl (C=O) groups is 1. The number of nitrogens with zero attached hydrogens (tertiary/aromatic N) is 3. The van der Waals surface area contributed by atoms with Crippen molar-refractivity contribution in [1.82, 2.24) is 14.9 Å². The van der Waals surface area contributed by atoms with Crippen molar-refractivity contribution in [2.24, 2.45) is 5.92 Å². The van der Waals surface area contributed by atoms with Crippen LogP contribution in [0.15, 0.2) is 12.3 Å². The molecule has 5 nitrogen and oxygen atoms in total. The number of aldehydes is 1. The van der Waals surface area contributed by atoms with E-state index in [4.69, 9.17) is 11.6 Å². The average molecular weight is 269 g/mol. The van der Waals surface area contributed by atoms with E-state index in [0.717, 1.165) is 44.6 Å². The lowest BCUT2D eigenvalue weighted by molar-refractivity contribution is -0.109. The molecule has 0 atom stereocenters. The van der Waals surface area contributed by atoms with E-state index in [1.807, 2.05) is 6.07 Å². The lowest BCUT2D eigenvalue weighted by Crippen LogP contribution is -2.36. The van der Waals surface area contributed by atoms with Crippen molar-refractivity contribution in [2.45, 2.75) is 12.8 Å². The van der Waals surface area contributed by atoms with Gasteiger partial charge in [-0.05, 0) is 49.5 Å². The molecule has 0 amide bonds. The molecule has 0 unspecified atom stereocenters. The smallest absolute Gasteiger partial charge is 0.224 e. The van der Waals surface area contributed by atoms with Gasteiger partial charge in [-0.25, -0.2) is 9.97 Å². The first-order valence-corrected chi connectivity index (χ1v) is 6.54. The van der Waals surface area contributed by atoms with Crippen LogP contribution in [0.2, 0.25) is 5.28 Å². The largest absolute Gasteiger partial charge is 0.370 e. The van der Waals surface area contributed by atoms with Gasteiger partial charge in [-0.15, -0.1) is 0 Å². The van der Waals surface area contributed by atoms with Crippen LogP contribution in [0.4, 0.5) is 5.82 Å². The van der Waals surface area contributed by atoms with Crippen LogP contribution < -0.4 is 5.32 Å². The first-order chi connectivity index (χ1) is 8.78. The Kier molecular flexibility index (Phi) is 4.90. The topological polar surface area (TPSA) is 58.1 Å². The summed E-state index contributed by atoms with van der Waals surface area (Å²) < 4.78 is 0. The second-order valence-corrected chi connectivity index (χ2v) is 4.84. The zero-order valence-corrected chi connectivity index (χ0v) is 10.9. The third-order valence-corrected chi connectivity index (χ3v) is 3.42. The fourth-order valence-corrected chi connectivity index (χ4v) is 2.31. The molecule has 0 aromatic carbocycles. The summed E-state index contributed by atoms with van der Waals surface area (Å²) in [4.78, 5) is 20.5. The molecule has 1 aromatic rings. The summed E-state index contributed by atoms with van der Waals surface area (Å²) in [5, 5.41) is 3.54. The molecule has 0 spiro atoms. The number of hydrogen-bond donors (Lipinski definition) is 1. The van der Waals surface area contributed by atoms with Gasteiger partial charge >= 0.3 is 0 Å². The molecule has 0 aliphatic carbocycles. The average Bonchev–Trinajstić information content (AvgIpc) is 2.38. The SMILES string of the molecule is O=CCN1CCC(CNc2ccnc(Cl)n2)CC1. The van der Waals surface area contributed by atoms with Crippen molar-refractivity contribution >= 4 is 23.7 Å². The molecular weight excluding hydrogens is 252 g/mol. The molecule has 1 aliphatic heterocycles. The molecule has 0 radical (unpaired) electrons. The van der Waals surface area contributed by atoms with Gasteiger partial charge in [0.15, 0.2) is 0 Å². The van der Waals surface area contributed by atoms with Crippen LogP contribution in [0.5, 0.6) is 0 Å². The van der Waals surface area contributed by atoms with Gasteiger partial charge < -0.3 is 10.1 Å². The lowest BCUT2D eigenvalue weighted by Gasteiger charge is -2.30. The van der Waals surface area contributed by atoms with Gasteiger partial charge in [0.25, 0.3) is 0 Å². The van der Waals surface area contributed by atoms with E-state index < -0.39 is 0 Å². The zero-order chi connectivity index (χ0) is 12.8. The molecule has 1 aliphatic rings. The Morgan fingerprint density at radius 3 is 2.94 bits per heavy atom. The summed E-state index contributed by atoms with van der Waals surface area (Å²) >= 11 is 5.72. The summed E-state index contributed by atoms with van der Waals surface area (Å²) in [7, 11) is 0. The number of nitrogens with one attached hydrogen (secondary N) is 1. The maximum Gasteiger partial charge on any atom is 0.224 e. The fourth-order valence-electron chi connectivity index (χ4n) is 2.16. The number of aromatic nitrogens is 2. The molecular formula is C12H17ClN4O. The predicted molar refractivity (Wildman–Crippen MR) is 70.8 cm³/mol. The summed E-state index contributed by atoms with van der Waals surface area (Å²) in [6, 6.07) is 1.81. The number of rotatable bonds is 5. The van der Waals surface area contributed by atoms with Crippen molar-refractivity contribution in [3.8, 4) is 0 Å². The van der Waals surface area contributed by atoms with Gasteiger partial charge in [0.1, 0.15) is 12.1 Å². The quantitative estimate of drug-likeness (QED) is 0.647. The first-order valence-electron chi connectivity index (χ1n) is 6.16. The number of halogens is 1. The van der Waals surface area contributed by atoms with Gasteiger partial charge in [-0.3, -0.25) is 4.90 Å². The third-order valence-electron chi connectivity index (χ3n) is 3.24. The molecule has 2 heterocycles. The lowest BCUT2D eigenvalue weighted by atomic mass is 9.97. The molecule has 0 bridgehead atoms. The van der Waals surface area contributed by atoms with Gasteiger partial charge in [-0.2, -0.15) is 0 Å². The van der Waals surface area contributed by atoms with E-state index in [9.17, 15) is 4.79 Å². The molecule has 18 heavy (non-hydrogen) atoms. The van der Waals surface area contributed by atoms with E-state index in [1.165, 1.54) is 0 Å². The van der Waals surface area contributed by atoms with Crippen LogP contribution in [-0.2, 0) is 4.79 Å². The zero-order valence-electron chi connectivity index (χ0n) is 10.2. The van der Waals surface area contributed by atoms with Gasteiger partial charge in [0, 0.05) is 12.7 Å². The standard InChI is InChI=1S/C12H17ClN4O/c13-12-14-4-1-11(16-12)15-9-10-2-5-17(6-3-10)7-8-18/h1,4,8,10H,2-3,5-7,9H2,(H,14,15,16). The highest BCUT2D eigenvalue weighted by atomic mass is 35.5. The second kappa shape index (κ2) is 6.66. The Balaban J connectivity index is 1.73. The third kappa shape index (κ3) is 3.92. The molecule has 2 rings (SSSR count). The molecule has 1 N–H and O–H groups in total. The van der Waals surface area contributed by atoms with Gasteiger partial charge in [0.2, 0.25) is 5.28 Å². The summed E-state index contributed by atoms with van der Waals surface area (Å²) in [5.74, 6) is 1.40. The summed E-state index contributed by atoms with van der Waals surface area (Å²) in [5.41, 5.74) is 0. The second-order valence-electron chi connectivity index (χ2n) is 4.50. The Labute approximate surface area is 112 Å². The van der Waals surface area contributed by atoms with Crippen molar-refractivity contribution in [1.29, 1.82) is 0 Å². The maximum atomic E-state index is 10.4. The van der Waals surface area contributed by atoms with Gasteiger partial charge in [-0.1, -0.05) is 0 Å². The van der Waals surface area contributed by atoms with Crippen LogP contribution in [-0.4, -0.2) is 47.3 Å². The number of carbonyl (C=O) groups excluding carboxylic acids is 1. The minimum absolute atomic E-state index is 0.265. The predicted octanol–water partition coefficient (Wildman–Crippen LogP) is 1.45. The van der Waals surface area contributed by atoms with E-state index in [1.54, 1.807) is 6.20 Å². The normalized spacial score (nSPS) is 17.6. The maximum absolute atomic E-state index is 10.4. The van der Waals surface area contributed by atoms with Gasteiger partial charge in [0.05, 0.1) is 6.54 Å². The number of likely N-dealkylation sites (tertiary alicyclic amines) is 1.